The highest BCUT2D eigenvalue weighted by Crippen LogP contribution is 2.33. The number of hydrogen-bond donors (Lipinski definition) is 0. The Bertz CT molecular complexity index is 1120. The summed E-state index contributed by atoms with van der Waals surface area (Å²) >= 11 is 4.76. The Hall–Kier alpha value is -2.51. The molecule has 0 radical (unpaired) electrons. The lowest BCUT2D eigenvalue weighted by atomic mass is 10.1. The topological polar surface area (TPSA) is 59.2 Å². The number of thiazole rings is 1. The van der Waals surface area contributed by atoms with E-state index in [-0.39, 0.29) is 11.7 Å². The molecule has 0 bridgehead atoms. The number of benzene rings is 1. The van der Waals surface area contributed by atoms with E-state index in [0.717, 1.165) is 27.0 Å². The van der Waals surface area contributed by atoms with Gasteiger partial charge < -0.3 is 4.42 Å². The Kier molecular flexibility index (Phi) is 4.80. The summed E-state index contributed by atoms with van der Waals surface area (Å²) in [6, 6.07) is 13.2. The minimum absolute atomic E-state index is 0.250. The van der Waals surface area contributed by atoms with Crippen molar-refractivity contribution in [2.24, 2.45) is 0 Å². The highest BCUT2D eigenvalue weighted by atomic mass is 79.9. The predicted molar refractivity (Wildman–Crippen MR) is 110 cm³/mol. The van der Waals surface area contributed by atoms with Crippen LogP contribution in [0, 0.1) is 13.8 Å². The number of aryl methyl sites for hydroxylation is 2. The zero-order valence-electron chi connectivity index (χ0n) is 14.8. The van der Waals surface area contributed by atoms with Gasteiger partial charge in [-0.3, -0.25) is 14.7 Å². The van der Waals surface area contributed by atoms with Crippen molar-refractivity contribution >= 4 is 48.5 Å². The molecule has 0 aliphatic heterocycles. The first-order valence-electron chi connectivity index (χ1n) is 8.36. The lowest BCUT2D eigenvalue weighted by molar-refractivity contribution is 0.0957. The zero-order chi connectivity index (χ0) is 19.0. The first-order chi connectivity index (χ1) is 13.0. The molecule has 1 aromatic carbocycles. The van der Waals surface area contributed by atoms with Gasteiger partial charge in [0.1, 0.15) is 0 Å². The van der Waals surface area contributed by atoms with Crippen LogP contribution >= 0.6 is 27.3 Å². The number of rotatable bonds is 4. The second-order valence-electron chi connectivity index (χ2n) is 6.24. The Balaban J connectivity index is 1.79. The summed E-state index contributed by atoms with van der Waals surface area (Å²) in [6.07, 6.45) is 1.72. The summed E-state index contributed by atoms with van der Waals surface area (Å²) in [5.41, 5.74) is 3.98. The lowest BCUT2D eigenvalue weighted by Gasteiger charge is -2.18. The number of pyridine rings is 1. The third kappa shape index (κ3) is 3.65. The summed E-state index contributed by atoms with van der Waals surface area (Å²) in [5.74, 6) is 0.00440. The van der Waals surface area contributed by atoms with Crippen molar-refractivity contribution in [3.63, 3.8) is 0 Å². The fourth-order valence-corrected chi connectivity index (χ4v) is 4.24. The molecule has 136 valence electrons. The van der Waals surface area contributed by atoms with Crippen LogP contribution in [0.15, 0.2) is 57.7 Å². The van der Waals surface area contributed by atoms with E-state index in [4.69, 9.17) is 9.40 Å². The molecule has 0 atom stereocenters. The first kappa shape index (κ1) is 17.9. The summed E-state index contributed by atoms with van der Waals surface area (Å²) in [5, 5.41) is 0.627. The van der Waals surface area contributed by atoms with Crippen LogP contribution in [0.5, 0.6) is 0 Å². The summed E-state index contributed by atoms with van der Waals surface area (Å²) in [6.45, 7) is 4.42. The molecule has 0 aliphatic rings. The summed E-state index contributed by atoms with van der Waals surface area (Å²) in [7, 11) is 0. The van der Waals surface area contributed by atoms with Gasteiger partial charge in [-0.05, 0) is 71.2 Å². The molecule has 0 fully saturated rings. The Morgan fingerprint density at radius 3 is 2.78 bits per heavy atom. The van der Waals surface area contributed by atoms with Gasteiger partial charge in [0.05, 0.1) is 22.5 Å². The van der Waals surface area contributed by atoms with E-state index in [1.54, 1.807) is 23.2 Å². The molecule has 0 spiro atoms. The highest BCUT2D eigenvalue weighted by Gasteiger charge is 2.25. The lowest BCUT2D eigenvalue weighted by Crippen LogP contribution is -2.30. The Morgan fingerprint density at radius 1 is 1.22 bits per heavy atom. The average Bonchev–Trinajstić information content (AvgIpc) is 3.26. The number of halogens is 1. The number of nitrogens with zero attached hydrogens (tertiary/aromatic N) is 3. The van der Waals surface area contributed by atoms with Gasteiger partial charge >= 0.3 is 0 Å². The van der Waals surface area contributed by atoms with Gasteiger partial charge in [0, 0.05) is 6.20 Å². The SMILES string of the molecule is Cc1cc(C)c2sc(N(Cc3ccccn3)C(=O)c3ccc(Br)o3)nc2c1. The van der Waals surface area contributed by atoms with E-state index in [1.807, 2.05) is 31.2 Å². The van der Waals surface area contributed by atoms with Crippen LogP contribution in [0.3, 0.4) is 0 Å². The standard InChI is InChI=1S/C20H16BrN3O2S/c1-12-9-13(2)18-15(10-12)23-20(27-18)24(11-14-5-3-4-8-22-14)19(25)16-6-7-17(21)26-16/h3-10H,11H2,1-2H3. The molecule has 0 saturated carbocycles. The van der Waals surface area contributed by atoms with Gasteiger partial charge in [-0.2, -0.15) is 0 Å². The Labute approximate surface area is 168 Å². The van der Waals surface area contributed by atoms with E-state index in [1.165, 1.54) is 11.3 Å². The number of carbonyl (C=O) groups excluding carboxylic acids is 1. The van der Waals surface area contributed by atoms with Gasteiger partial charge in [-0.1, -0.05) is 23.5 Å². The van der Waals surface area contributed by atoms with E-state index >= 15 is 0 Å². The normalized spacial score (nSPS) is 11.1. The molecule has 3 aromatic heterocycles. The summed E-state index contributed by atoms with van der Waals surface area (Å²) < 4.78 is 7.08. The van der Waals surface area contributed by atoms with Crippen LogP contribution in [0.4, 0.5) is 5.13 Å². The minimum atomic E-state index is -0.250. The molecule has 0 aliphatic carbocycles. The van der Waals surface area contributed by atoms with Crippen LogP contribution < -0.4 is 4.90 Å². The number of furan rings is 1. The van der Waals surface area contributed by atoms with Crippen molar-refractivity contribution < 1.29 is 9.21 Å². The zero-order valence-corrected chi connectivity index (χ0v) is 17.2. The quantitative estimate of drug-likeness (QED) is 0.418. The minimum Gasteiger partial charge on any atom is -0.444 e. The third-order valence-electron chi connectivity index (χ3n) is 4.12. The maximum absolute atomic E-state index is 13.1. The molecule has 27 heavy (non-hydrogen) atoms. The van der Waals surface area contributed by atoms with Crippen molar-refractivity contribution in [3.05, 3.63) is 75.9 Å². The molecular weight excluding hydrogens is 426 g/mol. The summed E-state index contributed by atoms with van der Waals surface area (Å²) in [4.78, 5) is 23.8. The second-order valence-corrected chi connectivity index (χ2v) is 8.00. The molecular formula is C20H16BrN3O2S. The number of aromatic nitrogens is 2. The molecule has 0 saturated heterocycles. The van der Waals surface area contributed by atoms with Crippen molar-refractivity contribution in [3.8, 4) is 0 Å². The fourth-order valence-electron chi connectivity index (χ4n) is 2.92. The third-order valence-corrected chi connectivity index (χ3v) is 5.77. The van der Waals surface area contributed by atoms with Crippen molar-refractivity contribution in [1.82, 2.24) is 9.97 Å². The van der Waals surface area contributed by atoms with Crippen LogP contribution in [-0.4, -0.2) is 15.9 Å². The monoisotopic (exact) mass is 441 g/mol. The van der Waals surface area contributed by atoms with E-state index in [2.05, 4.69) is 33.9 Å². The second kappa shape index (κ2) is 7.25. The van der Waals surface area contributed by atoms with Crippen LogP contribution in [0.25, 0.3) is 10.2 Å². The Morgan fingerprint density at radius 2 is 2.07 bits per heavy atom. The number of anilines is 1. The molecule has 3 heterocycles. The number of amides is 1. The molecule has 0 N–H and O–H groups in total. The largest absolute Gasteiger partial charge is 0.444 e. The molecule has 0 unspecified atom stereocenters. The van der Waals surface area contributed by atoms with Gasteiger partial charge in [0.2, 0.25) is 0 Å². The van der Waals surface area contributed by atoms with Gasteiger partial charge in [-0.15, -0.1) is 0 Å². The van der Waals surface area contributed by atoms with Crippen molar-refractivity contribution in [1.29, 1.82) is 0 Å². The highest BCUT2D eigenvalue weighted by molar-refractivity contribution is 9.10. The maximum atomic E-state index is 13.1. The van der Waals surface area contributed by atoms with Crippen LogP contribution in [-0.2, 0) is 6.54 Å². The molecule has 7 heteroatoms. The van der Waals surface area contributed by atoms with E-state index in [0.29, 0.717) is 16.3 Å². The van der Waals surface area contributed by atoms with Gasteiger partial charge in [-0.25, -0.2) is 4.98 Å². The number of fused-ring (bicyclic) bond motifs is 1. The van der Waals surface area contributed by atoms with Crippen molar-refractivity contribution in [2.75, 3.05) is 4.90 Å². The van der Waals surface area contributed by atoms with Crippen LogP contribution in [0.2, 0.25) is 0 Å². The number of hydrogen-bond acceptors (Lipinski definition) is 5. The first-order valence-corrected chi connectivity index (χ1v) is 9.97. The fraction of sp³-hybridized carbons (Fsp3) is 0.150. The van der Waals surface area contributed by atoms with Crippen molar-refractivity contribution in [2.45, 2.75) is 20.4 Å². The molecule has 4 aromatic rings. The average molecular weight is 442 g/mol. The number of carbonyl (C=O) groups is 1. The van der Waals surface area contributed by atoms with E-state index in [9.17, 15) is 4.79 Å². The molecule has 4 rings (SSSR count). The molecule has 1 amide bonds. The predicted octanol–water partition coefficient (Wildman–Crippen LogP) is 5.51. The van der Waals surface area contributed by atoms with Gasteiger partial charge in [0.25, 0.3) is 5.91 Å². The maximum Gasteiger partial charge on any atom is 0.296 e. The van der Waals surface area contributed by atoms with Gasteiger partial charge in [0.15, 0.2) is 15.6 Å². The van der Waals surface area contributed by atoms with Crippen LogP contribution in [0.1, 0.15) is 27.4 Å². The smallest absolute Gasteiger partial charge is 0.296 e. The van der Waals surface area contributed by atoms with E-state index < -0.39 is 0 Å². The molecule has 5 nitrogen and oxygen atoms in total.